The van der Waals surface area contributed by atoms with Crippen molar-refractivity contribution in [2.75, 3.05) is 13.7 Å². The van der Waals surface area contributed by atoms with Crippen LogP contribution in [0.1, 0.15) is 18.1 Å². The molecule has 28 heavy (non-hydrogen) atoms. The van der Waals surface area contributed by atoms with Crippen LogP contribution in [0, 0.1) is 5.82 Å². The highest BCUT2D eigenvalue weighted by atomic mass is 19.1. The highest BCUT2D eigenvalue weighted by Crippen LogP contribution is 2.29. The third kappa shape index (κ3) is 5.10. The third-order valence-corrected chi connectivity index (χ3v) is 4.04. The standard InChI is InChI=1S/C23H22FNO3/c1-3-27-23-14-17(15-25-19-9-11-20(26-2)12-10-19)8-13-22(23)28-16-18-6-4-5-7-21(18)24/h4-15H,3,16H2,1-2H3. The average Bonchev–Trinajstić information content (AvgIpc) is 2.73. The highest BCUT2D eigenvalue weighted by Gasteiger charge is 2.08. The van der Waals surface area contributed by atoms with Crippen LogP contribution in [0.25, 0.3) is 0 Å². The van der Waals surface area contributed by atoms with Crippen LogP contribution in [0.2, 0.25) is 0 Å². The molecule has 0 N–H and O–H groups in total. The lowest BCUT2D eigenvalue weighted by atomic mass is 10.2. The van der Waals surface area contributed by atoms with Crippen molar-refractivity contribution in [1.29, 1.82) is 0 Å². The van der Waals surface area contributed by atoms with Gasteiger partial charge in [0.05, 0.1) is 19.4 Å². The molecule has 3 rings (SSSR count). The predicted molar refractivity (Wildman–Crippen MR) is 109 cm³/mol. The zero-order valence-electron chi connectivity index (χ0n) is 15.9. The number of aliphatic imine (C=N–C) groups is 1. The van der Waals surface area contributed by atoms with Crippen molar-refractivity contribution < 1.29 is 18.6 Å². The van der Waals surface area contributed by atoms with Gasteiger partial charge in [-0.3, -0.25) is 4.99 Å². The molecule has 5 heteroatoms. The normalized spacial score (nSPS) is 10.8. The number of benzene rings is 3. The lowest BCUT2D eigenvalue weighted by Gasteiger charge is -2.13. The van der Waals surface area contributed by atoms with E-state index in [0.29, 0.717) is 23.7 Å². The number of methoxy groups -OCH3 is 1. The van der Waals surface area contributed by atoms with Gasteiger partial charge in [-0.05, 0) is 61.0 Å². The molecule has 4 nitrogen and oxygen atoms in total. The number of hydrogen-bond acceptors (Lipinski definition) is 4. The molecule has 0 saturated heterocycles. The lowest BCUT2D eigenvalue weighted by molar-refractivity contribution is 0.266. The molecular formula is C23H22FNO3. The predicted octanol–water partition coefficient (Wildman–Crippen LogP) is 5.56. The van der Waals surface area contributed by atoms with Crippen LogP contribution in [-0.4, -0.2) is 19.9 Å². The van der Waals surface area contributed by atoms with E-state index in [9.17, 15) is 4.39 Å². The largest absolute Gasteiger partial charge is 0.497 e. The summed E-state index contributed by atoms with van der Waals surface area (Å²) in [6.07, 6.45) is 1.75. The number of nitrogens with zero attached hydrogens (tertiary/aromatic N) is 1. The van der Waals surface area contributed by atoms with E-state index in [1.807, 2.05) is 43.3 Å². The summed E-state index contributed by atoms with van der Waals surface area (Å²) < 4.78 is 30.4. The molecule has 0 bridgehead atoms. The Labute approximate surface area is 164 Å². The molecule has 0 amide bonds. The molecule has 0 fully saturated rings. The van der Waals surface area contributed by atoms with E-state index in [1.54, 1.807) is 37.6 Å². The van der Waals surface area contributed by atoms with Crippen LogP contribution < -0.4 is 14.2 Å². The summed E-state index contributed by atoms with van der Waals surface area (Å²) in [5, 5.41) is 0. The van der Waals surface area contributed by atoms with Crippen molar-refractivity contribution in [2.45, 2.75) is 13.5 Å². The highest BCUT2D eigenvalue weighted by molar-refractivity contribution is 5.83. The molecule has 0 radical (unpaired) electrons. The van der Waals surface area contributed by atoms with Crippen molar-refractivity contribution in [2.24, 2.45) is 4.99 Å². The van der Waals surface area contributed by atoms with Crippen LogP contribution in [0.4, 0.5) is 10.1 Å². The summed E-state index contributed by atoms with van der Waals surface area (Å²) in [6.45, 7) is 2.53. The van der Waals surface area contributed by atoms with Gasteiger partial charge in [0.15, 0.2) is 11.5 Å². The van der Waals surface area contributed by atoms with Gasteiger partial charge in [-0.25, -0.2) is 4.39 Å². The zero-order valence-corrected chi connectivity index (χ0v) is 15.9. The Bertz CT molecular complexity index is 939. The topological polar surface area (TPSA) is 40.0 Å². The Hall–Kier alpha value is -3.34. The Kier molecular flexibility index (Phi) is 6.63. The van der Waals surface area contributed by atoms with E-state index in [1.165, 1.54) is 6.07 Å². The first-order valence-corrected chi connectivity index (χ1v) is 9.00. The molecule has 0 atom stereocenters. The number of ether oxygens (including phenoxy) is 3. The molecule has 144 valence electrons. The Morgan fingerprint density at radius 1 is 0.929 bits per heavy atom. The van der Waals surface area contributed by atoms with Crippen molar-refractivity contribution in [1.82, 2.24) is 0 Å². The van der Waals surface area contributed by atoms with E-state index in [0.717, 1.165) is 17.0 Å². The monoisotopic (exact) mass is 379 g/mol. The Morgan fingerprint density at radius 3 is 2.43 bits per heavy atom. The minimum Gasteiger partial charge on any atom is -0.497 e. The van der Waals surface area contributed by atoms with E-state index in [-0.39, 0.29) is 12.4 Å². The molecule has 0 spiro atoms. The maximum Gasteiger partial charge on any atom is 0.161 e. The first-order valence-electron chi connectivity index (χ1n) is 9.00. The molecule has 0 aliphatic rings. The van der Waals surface area contributed by atoms with Gasteiger partial charge in [0.2, 0.25) is 0 Å². The first kappa shape index (κ1) is 19.4. The molecule has 0 heterocycles. The summed E-state index contributed by atoms with van der Waals surface area (Å²) in [6, 6.07) is 19.6. The molecular weight excluding hydrogens is 357 g/mol. The lowest BCUT2D eigenvalue weighted by Crippen LogP contribution is -2.01. The summed E-state index contributed by atoms with van der Waals surface area (Å²) in [7, 11) is 1.63. The van der Waals surface area contributed by atoms with E-state index in [4.69, 9.17) is 14.2 Å². The average molecular weight is 379 g/mol. The van der Waals surface area contributed by atoms with E-state index >= 15 is 0 Å². The van der Waals surface area contributed by atoms with E-state index in [2.05, 4.69) is 4.99 Å². The van der Waals surface area contributed by atoms with Gasteiger partial charge >= 0.3 is 0 Å². The molecule has 0 unspecified atom stereocenters. The minimum absolute atomic E-state index is 0.131. The van der Waals surface area contributed by atoms with Gasteiger partial charge < -0.3 is 14.2 Å². The second kappa shape index (κ2) is 9.55. The quantitative estimate of drug-likeness (QED) is 0.481. The summed E-state index contributed by atoms with van der Waals surface area (Å²) >= 11 is 0. The molecule has 3 aromatic rings. The summed E-state index contributed by atoms with van der Waals surface area (Å²) in [4.78, 5) is 4.46. The van der Waals surface area contributed by atoms with Gasteiger partial charge in [0, 0.05) is 11.8 Å². The maximum atomic E-state index is 13.8. The Morgan fingerprint density at radius 2 is 1.71 bits per heavy atom. The first-order chi connectivity index (χ1) is 13.7. The number of rotatable bonds is 8. The zero-order chi connectivity index (χ0) is 19.8. The molecule has 3 aromatic carbocycles. The van der Waals surface area contributed by atoms with Crippen LogP contribution in [0.3, 0.4) is 0 Å². The van der Waals surface area contributed by atoms with Crippen molar-refractivity contribution in [3.8, 4) is 17.2 Å². The molecule has 0 aliphatic heterocycles. The van der Waals surface area contributed by atoms with Gasteiger partial charge in [-0.2, -0.15) is 0 Å². The van der Waals surface area contributed by atoms with Crippen LogP contribution in [0.5, 0.6) is 17.2 Å². The van der Waals surface area contributed by atoms with Crippen molar-refractivity contribution in [3.63, 3.8) is 0 Å². The van der Waals surface area contributed by atoms with Crippen LogP contribution in [0.15, 0.2) is 71.7 Å². The third-order valence-electron chi connectivity index (χ3n) is 4.04. The second-order valence-corrected chi connectivity index (χ2v) is 5.98. The number of hydrogen-bond donors (Lipinski definition) is 0. The SMILES string of the molecule is CCOc1cc(C=Nc2ccc(OC)cc2)ccc1OCc1ccccc1F. The van der Waals surface area contributed by atoms with Crippen LogP contribution in [-0.2, 0) is 6.61 Å². The van der Waals surface area contributed by atoms with Gasteiger partial charge in [-0.15, -0.1) is 0 Å². The fourth-order valence-electron chi connectivity index (χ4n) is 2.58. The smallest absolute Gasteiger partial charge is 0.161 e. The molecule has 0 saturated carbocycles. The number of halogens is 1. The summed E-state index contributed by atoms with van der Waals surface area (Å²) in [5.74, 6) is 1.65. The fraction of sp³-hybridized carbons (Fsp3) is 0.174. The fourth-order valence-corrected chi connectivity index (χ4v) is 2.58. The minimum atomic E-state index is -0.288. The maximum absolute atomic E-state index is 13.8. The van der Waals surface area contributed by atoms with Crippen LogP contribution >= 0.6 is 0 Å². The Balaban J connectivity index is 1.74. The summed E-state index contributed by atoms with van der Waals surface area (Å²) in [5.41, 5.74) is 2.19. The van der Waals surface area contributed by atoms with Gasteiger partial charge in [-0.1, -0.05) is 18.2 Å². The van der Waals surface area contributed by atoms with E-state index < -0.39 is 0 Å². The van der Waals surface area contributed by atoms with Gasteiger partial charge in [0.25, 0.3) is 0 Å². The van der Waals surface area contributed by atoms with Crippen molar-refractivity contribution >= 4 is 11.9 Å². The molecule has 0 aliphatic carbocycles. The second-order valence-electron chi connectivity index (χ2n) is 5.98. The van der Waals surface area contributed by atoms with Crippen molar-refractivity contribution in [3.05, 3.63) is 83.7 Å². The molecule has 0 aromatic heterocycles. The van der Waals surface area contributed by atoms with Gasteiger partial charge in [0.1, 0.15) is 18.2 Å².